The first kappa shape index (κ1) is 16.0. The lowest BCUT2D eigenvalue weighted by Crippen LogP contribution is -2.24. The molecule has 1 heterocycles. The van der Waals surface area contributed by atoms with E-state index in [-0.39, 0.29) is 0 Å². The minimum Gasteiger partial charge on any atom is -0.315 e. The molecule has 0 fully saturated rings. The van der Waals surface area contributed by atoms with E-state index in [2.05, 4.69) is 65.9 Å². The van der Waals surface area contributed by atoms with Gasteiger partial charge in [0.25, 0.3) is 0 Å². The van der Waals surface area contributed by atoms with E-state index in [0.29, 0.717) is 5.92 Å². The maximum atomic E-state index is 4.10. The van der Waals surface area contributed by atoms with Crippen LogP contribution in [0.4, 0.5) is 0 Å². The Morgan fingerprint density at radius 2 is 2.00 bits per heavy atom. The molecule has 21 heavy (non-hydrogen) atoms. The van der Waals surface area contributed by atoms with Gasteiger partial charge in [0, 0.05) is 12.3 Å². The van der Waals surface area contributed by atoms with Crippen LogP contribution in [0.15, 0.2) is 29.4 Å². The number of hydrogen-bond acceptors (Lipinski definition) is 5. The molecule has 0 saturated carbocycles. The molecule has 6 heteroatoms. The first-order valence-electron chi connectivity index (χ1n) is 7.30. The highest BCUT2D eigenvalue weighted by Gasteiger charge is 2.07. The van der Waals surface area contributed by atoms with E-state index in [1.165, 1.54) is 11.1 Å². The molecule has 0 atom stereocenters. The number of aryl methyl sites for hydroxylation is 1. The van der Waals surface area contributed by atoms with E-state index in [0.717, 1.165) is 30.5 Å². The highest BCUT2D eigenvalue weighted by molar-refractivity contribution is 7.98. The second-order valence-electron chi connectivity index (χ2n) is 5.56. The van der Waals surface area contributed by atoms with Gasteiger partial charge in [-0.05, 0) is 35.4 Å². The summed E-state index contributed by atoms with van der Waals surface area (Å²) in [7, 11) is 0. The van der Waals surface area contributed by atoms with Crippen molar-refractivity contribution in [3.05, 3.63) is 35.4 Å². The van der Waals surface area contributed by atoms with Crippen LogP contribution in [0.5, 0.6) is 0 Å². The molecule has 2 aromatic rings. The zero-order valence-corrected chi connectivity index (χ0v) is 13.7. The summed E-state index contributed by atoms with van der Waals surface area (Å²) < 4.78 is 1.87. The van der Waals surface area contributed by atoms with Gasteiger partial charge in [-0.15, -0.1) is 5.10 Å². The van der Waals surface area contributed by atoms with Gasteiger partial charge in [-0.25, -0.2) is 4.68 Å². The Morgan fingerprint density at radius 1 is 1.24 bits per heavy atom. The molecule has 0 bridgehead atoms. The van der Waals surface area contributed by atoms with Crippen molar-refractivity contribution in [1.29, 1.82) is 0 Å². The van der Waals surface area contributed by atoms with Gasteiger partial charge in [0.2, 0.25) is 5.16 Å². The Morgan fingerprint density at radius 3 is 2.71 bits per heavy atom. The molecule has 0 amide bonds. The lowest BCUT2D eigenvalue weighted by Gasteiger charge is -2.08. The van der Waals surface area contributed by atoms with Crippen LogP contribution >= 0.6 is 11.8 Å². The van der Waals surface area contributed by atoms with Crippen LogP contribution < -0.4 is 5.32 Å². The van der Waals surface area contributed by atoms with Crippen LogP contribution in [-0.4, -0.2) is 33.3 Å². The maximum absolute atomic E-state index is 4.10. The van der Waals surface area contributed by atoms with E-state index in [9.17, 15) is 0 Å². The number of thioether (sulfide) groups is 1. The van der Waals surface area contributed by atoms with Crippen molar-refractivity contribution in [3.8, 4) is 0 Å². The fraction of sp³-hybridized carbons (Fsp3) is 0.533. The van der Waals surface area contributed by atoms with Crippen molar-refractivity contribution in [3.63, 3.8) is 0 Å². The largest absolute Gasteiger partial charge is 0.315 e. The SMILES string of the molecule is Cc1ccc(CSc2nnnn2CCNCC(C)C)cc1. The predicted octanol–water partition coefficient (Wildman–Crippen LogP) is 2.52. The molecular weight excluding hydrogens is 282 g/mol. The van der Waals surface area contributed by atoms with Gasteiger partial charge >= 0.3 is 0 Å². The summed E-state index contributed by atoms with van der Waals surface area (Å²) in [6.07, 6.45) is 0. The Bertz CT molecular complexity index is 535. The Labute approximate surface area is 130 Å². The fourth-order valence-electron chi connectivity index (χ4n) is 1.85. The average Bonchev–Trinajstić information content (AvgIpc) is 2.90. The smallest absolute Gasteiger partial charge is 0.209 e. The molecule has 1 aromatic heterocycles. The number of nitrogens with one attached hydrogen (secondary N) is 1. The molecule has 5 nitrogen and oxygen atoms in total. The Balaban J connectivity index is 1.81. The van der Waals surface area contributed by atoms with Gasteiger partial charge in [0.05, 0.1) is 6.54 Å². The molecule has 0 saturated heterocycles. The standard InChI is InChI=1S/C15H23N5S/c1-12(2)10-16-8-9-20-15(17-18-19-20)21-11-14-6-4-13(3)5-7-14/h4-7,12,16H,8-11H2,1-3H3. The van der Waals surface area contributed by atoms with Crippen molar-refractivity contribution < 1.29 is 0 Å². The second-order valence-corrected chi connectivity index (χ2v) is 6.50. The van der Waals surface area contributed by atoms with Gasteiger partial charge in [-0.3, -0.25) is 0 Å². The quantitative estimate of drug-likeness (QED) is 0.600. The molecule has 0 aliphatic rings. The number of aromatic nitrogens is 4. The van der Waals surface area contributed by atoms with Gasteiger partial charge in [0.1, 0.15) is 0 Å². The van der Waals surface area contributed by atoms with E-state index in [1.807, 2.05) is 4.68 Å². The molecule has 114 valence electrons. The van der Waals surface area contributed by atoms with Crippen molar-refractivity contribution in [2.75, 3.05) is 13.1 Å². The highest BCUT2D eigenvalue weighted by Crippen LogP contribution is 2.19. The van der Waals surface area contributed by atoms with Gasteiger partial charge < -0.3 is 5.32 Å². The second kappa shape index (κ2) is 8.14. The van der Waals surface area contributed by atoms with E-state index in [1.54, 1.807) is 11.8 Å². The van der Waals surface area contributed by atoms with Crippen LogP contribution in [0, 0.1) is 12.8 Å². The van der Waals surface area contributed by atoms with Crippen LogP contribution in [0.2, 0.25) is 0 Å². The van der Waals surface area contributed by atoms with Crippen LogP contribution in [0.1, 0.15) is 25.0 Å². The molecule has 0 unspecified atom stereocenters. The molecule has 0 radical (unpaired) electrons. The molecule has 0 aliphatic heterocycles. The van der Waals surface area contributed by atoms with Crippen molar-refractivity contribution in [1.82, 2.24) is 25.5 Å². The van der Waals surface area contributed by atoms with Crippen LogP contribution in [-0.2, 0) is 12.3 Å². The number of rotatable bonds is 8. The van der Waals surface area contributed by atoms with Crippen molar-refractivity contribution >= 4 is 11.8 Å². The minimum atomic E-state index is 0.661. The number of nitrogens with zero attached hydrogens (tertiary/aromatic N) is 4. The minimum absolute atomic E-state index is 0.661. The van der Waals surface area contributed by atoms with Gasteiger partial charge in [0.15, 0.2) is 0 Å². The average molecular weight is 305 g/mol. The number of hydrogen-bond donors (Lipinski definition) is 1. The summed E-state index contributed by atoms with van der Waals surface area (Å²) >= 11 is 1.68. The third-order valence-electron chi connectivity index (χ3n) is 3.04. The third kappa shape index (κ3) is 5.47. The molecular formula is C15H23N5S. The number of tetrazole rings is 1. The van der Waals surface area contributed by atoms with Crippen molar-refractivity contribution in [2.45, 2.75) is 38.2 Å². The molecule has 0 aliphatic carbocycles. The lowest BCUT2D eigenvalue weighted by molar-refractivity contribution is 0.482. The van der Waals surface area contributed by atoms with Crippen molar-refractivity contribution in [2.24, 2.45) is 5.92 Å². The topological polar surface area (TPSA) is 55.6 Å². The lowest BCUT2D eigenvalue weighted by atomic mass is 10.2. The summed E-state index contributed by atoms with van der Waals surface area (Å²) in [5, 5.41) is 16.2. The fourth-order valence-corrected chi connectivity index (χ4v) is 2.71. The van der Waals surface area contributed by atoms with Gasteiger partial charge in [-0.2, -0.15) is 0 Å². The first-order valence-corrected chi connectivity index (χ1v) is 8.29. The van der Waals surface area contributed by atoms with E-state index in [4.69, 9.17) is 0 Å². The predicted molar refractivity (Wildman–Crippen MR) is 86.3 cm³/mol. The maximum Gasteiger partial charge on any atom is 0.209 e. The Hall–Kier alpha value is -1.40. The molecule has 1 aromatic carbocycles. The van der Waals surface area contributed by atoms with Gasteiger partial charge in [-0.1, -0.05) is 55.4 Å². The summed E-state index contributed by atoms with van der Waals surface area (Å²) in [6.45, 7) is 9.21. The van der Waals surface area contributed by atoms with Crippen LogP contribution in [0.3, 0.4) is 0 Å². The third-order valence-corrected chi connectivity index (χ3v) is 4.07. The Kier molecular flexibility index (Phi) is 6.20. The molecule has 1 N–H and O–H groups in total. The summed E-state index contributed by atoms with van der Waals surface area (Å²) in [6, 6.07) is 8.57. The first-order chi connectivity index (χ1) is 10.1. The molecule has 2 rings (SSSR count). The normalized spacial score (nSPS) is 11.2. The number of benzene rings is 1. The zero-order chi connectivity index (χ0) is 15.1. The highest BCUT2D eigenvalue weighted by atomic mass is 32.2. The summed E-state index contributed by atoms with van der Waals surface area (Å²) in [5.41, 5.74) is 2.57. The monoisotopic (exact) mass is 305 g/mol. The summed E-state index contributed by atoms with van der Waals surface area (Å²) in [4.78, 5) is 0. The van der Waals surface area contributed by atoms with E-state index < -0.39 is 0 Å². The summed E-state index contributed by atoms with van der Waals surface area (Å²) in [5.74, 6) is 1.55. The molecule has 0 spiro atoms. The van der Waals surface area contributed by atoms with E-state index >= 15 is 0 Å². The van der Waals surface area contributed by atoms with Crippen LogP contribution in [0.25, 0.3) is 0 Å². The zero-order valence-electron chi connectivity index (χ0n) is 12.9.